The molecule has 0 aliphatic carbocycles. The van der Waals surface area contributed by atoms with Crippen LogP contribution < -0.4 is 4.90 Å². The predicted octanol–water partition coefficient (Wildman–Crippen LogP) is 3.42. The van der Waals surface area contributed by atoms with Crippen molar-refractivity contribution in [3.63, 3.8) is 0 Å². The predicted molar refractivity (Wildman–Crippen MR) is 97.3 cm³/mol. The number of amides is 1. The van der Waals surface area contributed by atoms with E-state index in [0.717, 1.165) is 11.1 Å². The fourth-order valence-electron chi connectivity index (χ4n) is 2.88. The number of hydrogen-bond donors (Lipinski definition) is 0. The Balaban J connectivity index is 2.68. The molecule has 0 aliphatic rings. The Kier molecular flexibility index (Phi) is 5.71. The van der Waals surface area contributed by atoms with Gasteiger partial charge in [0.25, 0.3) is 11.6 Å². The molecular formula is C19H20N2O5. The minimum absolute atomic E-state index is 0.0871. The lowest BCUT2D eigenvalue weighted by Crippen LogP contribution is -2.45. The summed E-state index contributed by atoms with van der Waals surface area (Å²) in [6, 6.07) is 10.2. The van der Waals surface area contributed by atoms with E-state index in [9.17, 15) is 19.7 Å². The molecular weight excluding hydrogens is 336 g/mol. The van der Waals surface area contributed by atoms with Crippen LogP contribution in [0.2, 0.25) is 0 Å². The molecule has 1 atom stereocenters. The van der Waals surface area contributed by atoms with Crippen LogP contribution in [0.3, 0.4) is 0 Å². The minimum atomic E-state index is -0.952. The number of carbonyl (C=O) groups excluding carboxylic acids is 2. The molecule has 0 N–H and O–H groups in total. The van der Waals surface area contributed by atoms with Crippen LogP contribution in [-0.4, -0.2) is 30.0 Å². The largest absolute Gasteiger partial charge is 0.467 e. The van der Waals surface area contributed by atoms with Gasteiger partial charge in [-0.15, -0.1) is 0 Å². The van der Waals surface area contributed by atoms with Gasteiger partial charge in [-0.25, -0.2) is 4.79 Å². The summed E-state index contributed by atoms with van der Waals surface area (Å²) in [6.45, 7) is 5.16. The zero-order valence-electron chi connectivity index (χ0n) is 15.1. The van der Waals surface area contributed by atoms with Crippen molar-refractivity contribution in [1.29, 1.82) is 0 Å². The van der Waals surface area contributed by atoms with E-state index in [4.69, 9.17) is 4.74 Å². The van der Waals surface area contributed by atoms with Crippen molar-refractivity contribution < 1.29 is 19.2 Å². The van der Waals surface area contributed by atoms with E-state index in [1.807, 2.05) is 32.0 Å². The third-order valence-corrected chi connectivity index (χ3v) is 4.16. The Bertz CT molecular complexity index is 843. The first-order valence-electron chi connectivity index (χ1n) is 8.00. The molecule has 0 spiro atoms. The number of esters is 1. The first-order valence-corrected chi connectivity index (χ1v) is 8.00. The van der Waals surface area contributed by atoms with Crippen molar-refractivity contribution in [2.75, 3.05) is 12.0 Å². The number of carbonyl (C=O) groups is 2. The van der Waals surface area contributed by atoms with Crippen molar-refractivity contribution in [2.45, 2.75) is 26.8 Å². The summed E-state index contributed by atoms with van der Waals surface area (Å²) in [5.41, 5.74) is 1.68. The van der Waals surface area contributed by atoms with Gasteiger partial charge in [0, 0.05) is 6.07 Å². The van der Waals surface area contributed by atoms with Gasteiger partial charge in [-0.2, -0.15) is 0 Å². The van der Waals surface area contributed by atoms with E-state index in [2.05, 4.69) is 0 Å². The number of methoxy groups -OCH3 is 1. The molecule has 2 aromatic rings. The van der Waals surface area contributed by atoms with Crippen molar-refractivity contribution in [3.05, 3.63) is 69.3 Å². The molecule has 0 heterocycles. The molecule has 0 saturated carbocycles. The maximum absolute atomic E-state index is 13.3. The molecule has 136 valence electrons. The highest BCUT2D eigenvalue weighted by molar-refractivity contribution is 6.12. The van der Waals surface area contributed by atoms with Crippen LogP contribution in [0, 0.1) is 24.0 Å². The van der Waals surface area contributed by atoms with Crippen LogP contribution in [-0.2, 0) is 9.53 Å². The number of rotatable bonds is 5. The number of ether oxygens (including phenoxy) is 1. The van der Waals surface area contributed by atoms with E-state index < -0.39 is 22.8 Å². The average Bonchev–Trinajstić information content (AvgIpc) is 2.63. The number of anilines is 1. The molecule has 0 saturated heterocycles. The Morgan fingerprint density at radius 1 is 1.08 bits per heavy atom. The van der Waals surface area contributed by atoms with Gasteiger partial charge in [-0.05, 0) is 38.0 Å². The summed E-state index contributed by atoms with van der Waals surface area (Å²) in [7, 11) is 1.23. The van der Waals surface area contributed by atoms with Crippen molar-refractivity contribution in [2.24, 2.45) is 0 Å². The Labute approximate surface area is 151 Å². The molecule has 7 heteroatoms. The van der Waals surface area contributed by atoms with E-state index >= 15 is 0 Å². The molecule has 0 fully saturated rings. The van der Waals surface area contributed by atoms with Gasteiger partial charge in [0.1, 0.15) is 11.6 Å². The lowest BCUT2D eigenvalue weighted by atomic mass is 10.0. The third kappa shape index (κ3) is 3.56. The summed E-state index contributed by atoms with van der Waals surface area (Å²) in [4.78, 5) is 37.4. The summed E-state index contributed by atoms with van der Waals surface area (Å²) in [5.74, 6) is -1.24. The van der Waals surface area contributed by atoms with Gasteiger partial charge >= 0.3 is 5.97 Å². The van der Waals surface area contributed by atoms with Gasteiger partial charge in [-0.1, -0.05) is 30.3 Å². The topological polar surface area (TPSA) is 89.8 Å². The van der Waals surface area contributed by atoms with Gasteiger partial charge in [0.2, 0.25) is 0 Å². The summed E-state index contributed by atoms with van der Waals surface area (Å²) < 4.78 is 4.79. The Morgan fingerprint density at radius 3 is 2.19 bits per heavy atom. The molecule has 7 nitrogen and oxygen atoms in total. The fourth-order valence-corrected chi connectivity index (χ4v) is 2.88. The van der Waals surface area contributed by atoms with Gasteiger partial charge in [-0.3, -0.25) is 19.8 Å². The van der Waals surface area contributed by atoms with Crippen molar-refractivity contribution in [3.8, 4) is 0 Å². The lowest BCUT2D eigenvalue weighted by molar-refractivity contribution is -0.385. The Hall–Kier alpha value is -3.22. The van der Waals surface area contributed by atoms with Crippen LogP contribution in [0.4, 0.5) is 11.4 Å². The number of benzene rings is 2. The van der Waals surface area contributed by atoms with E-state index in [-0.39, 0.29) is 11.3 Å². The first kappa shape index (κ1) is 19.1. The molecule has 0 aromatic heterocycles. The maximum Gasteiger partial charge on any atom is 0.328 e. The van der Waals surface area contributed by atoms with Crippen LogP contribution in [0.15, 0.2) is 42.5 Å². The smallest absolute Gasteiger partial charge is 0.328 e. The quantitative estimate of drug-likeness (QED) is 0.465. The summed E-state index contributed by atoms with van der Waals surface area (Å²) >= 11 is 0. The zero-order valence-corrected chi connectivity index (χ0v) is 15.1. The highest BCUT2D eigenvalue weighted by Gasteiger charge is 2.33. The fraction of sp³-hybridized carbons (Fsp3) is 0.263. The van der Waals surface area contributed by atoms with Crippen molar-refractivity contribution in [1.82, 2.24) is 0 Å². The third-order valence-electron chi connectivity index (χ3n) is 4.16. The zero-order chi connectivity index (χ0) is 19.4. The molecule has 2 aromatic carbocycles. The molecule has 0 unspecified atom stereocenters. The number of hydrogen-bond acceptors (Lipinski definition) is 5. The van der Waals surface area contributed by atoms with Gasteiger partial charge < -0.3 is 4.74 Å². The Morgan fingerprint density at radius 2 is 1.65 bits per heavy atom. The van der Waals surface area contributed by atoms with Crippen LogP contribution in [0.1, 0.15) is 28.4 Å². The van der Waals surface area contributed by atoms with E-state index in [1.54, 1.807) is 6.07 Å². The van der Waals surface area contributed by atoms with Crippen molar-refractivity contribution >= 4 is 23.3 Å². The minimum Gasteiger partial charge on any atom is -0.467 e. The van der Waals surface area contributed by atoms with Crippen LogP contribution >= 0.6 is 0 Å². The molecule has 0 aliphatic heterocycles. The molecule has 0 bridgehead atoms. The number of aryl methyl sites for hydroxylation is 2. The molecule has 2 rings (SSSR count). The standard InChI is InChI=1S/C19H20N2O5/c1-12-8-7-9-13(2)17(12)20(14(3)19(23)26-4)18(22)15-10-5-6-11-16(15)21(24)25/h5-11,14H,1-4H3/t14-/m1/s1. The first-order chi connectivity index (χ1) is 12.3. The number of nitro benzene ring substituents is 1. The molecule has 26 heavy (non-hydrogen) atoms. The monoisotopic (exact) mass is 356 g/mol. The van der Waals surface area contributed by atoms with E-state index in [1.165, 1.54) is 37.1 Å². The second-order valence-corrected chi connectivity index (χ2v) is 5.89. The second-order valence-electron chi connectivity index (χ2n) is 5.89. The SMILES string of the molecule is COC(=O)[C@@H](C)N(C(=O)c1ccccc1[N+](=O)[O-])c1c(C)cccc1C. The van der Waals surface area contributed by atoms with E-state index in [0.29, 0.717) is 5.69 Å². The normalized spacial score (nSPS) is 11.5. The highest BCUT2D eigenvalue weighted by atomic mass is 16.6. The molecule has 1 amide bonds. The number of nitro groups is 1. The summed E-state index contributed by atoms with van der Waals surface area (Å²) in [6.07, 6.45) is 0. The lowest BCUT2D eigenvalue weighted by Gasteiger charge is -2.30. The highest BCUT2D eigenvalue weighted by Crippen LogP contribution is 2.30. The second kappa shape index (κ2) is 7.77. The van der Waals surface area contributed by atoms with Gasteiger partial charge in [0.15, 0.2) is 0 Å². The van der Waals surface area contributed by atoms with Crippen LogP contribution in [0.25, 0.3) is 0 Å². The average molecular weight is 356 g/mol. The van der Waals surface area contributed by atoms with Crippen LogP contribution in [0.5, 0.6) is 0 Å². The summed E-state index contributed by atoms with van der Waals surface area (Å²) in [5, 5.41) is 11.3. The van der Waals surface area contributed by atoms with Gasteiger partial charge in [0.05, 0.1) is 17.7 Å². The number of nitrogens with zero attached hydrogens (tertiary/aromatic N) is 2. The number of para-hydroxylation sites is 2. The maximum atomic E-state index is 13.3. The molecule has 0 radical (unpaired) electrons.